The molecule has 0 spiro atoms. The van der Waals surface area contributed by atoms with E-state index >= 15 is 0 Å². The van der Waals surface area contributed by atoms with E-state index in [2.05, 4.69) is 15.3 Å². The minimum Gasteiger partial charge on any atom is -0.369 e. The van der Waals surface area contributed by atoms with Gasteiger partial charge in [0.05, 0.1) is 0 Å². The molecule has 0 saturated heterocycles. The molecule has 4 nitrogen and oxygen atoms in total. The monoisotopic (exact) mass is 245 g/mol. The summed E-state index contributed by atoms with van der Waals surface area (Å²) in [6.45, 7) is 0.768. The number of fused-ring (bicyclic) bond motifs is 1. The van der Waals surface area contributed by atoms with E-state index in [-0.39, 0.29) is 5.82 Å². The lowest BCUT2D eigenvalue weighted by atomic mass is 10.0. The number of hydrogen-bond acceptors (Lipinski definition) is 3. The molecule has 0 amide bonds. The second-order valence-electron chi connectivity index (χ2n) is 4.29. The zero-order valence-corrected chi connectivity index (χ0v) is 9.66. The standard InChI is InChI=1S/C13H12FN3O/c14-10-4-2-1-3-8(10)7-11-9-5-6-15-12(9)17-13(18)16-11/h1-4H,5-7H2,(H2,15,16,17,18). The molecule has 0 fully saturated rings. The van der Waals surface area contributed by atoms with Crippen molar-refractivity contribution in [3.05, 3.63) is 57.4 Å². The summed E-state index contributed by atoms with van der Waals surface area (Å²) >= 11 is 0. The zero-order chi connectivity index (χ0) is 12.5. The first kappa shape index (κ1) is 11.0. The van der Waals surface area contributed by atoms with Crippen molar-refractivity contribution < 1.29 is 4.39 Å². The number of hydrogen-bond donors (Lipinski definition) is 2. The number of nitrogens with zero attached hydrogens (tertiary/aromatic N) is 1. The van der Waals surface area contributed by atoms with Crippen LogP contribution in [0.4, 0.5) is 10.2 Å². The third-order valence-corrected chi connectivity index (χ3v) is 3.11. The third-order valence-electron chi connectivity index (χ3n) is 3.11. The number of rotatable bonds is 2. The molecular weight excluding hydrogens is 233 g/mol. The van der Waals surface area contributed by atoms with Gasteiger partial charge in [-0.2, -0.15) is 4.98 Å². The number of anilines is 1. The topological polar surface area (TPSA) is 57.8 Å². The highest BCUT2D eigenvalue weighted by Crippen LogP contribution is 2.22. The van der Waals surface area contributed by atoms with Crippen molar-refractivity contribution in [2.45, 2.75) is 12.8 Å². The van der Waals surface area contributed by atoms with Gasteiger partial charge in [-0.1, -0.05) is 18.2 Å². The average Bonchev–Trinajstić information content (AvgIpc) is 2.80. The van der Waals surface area contributed by atoms with Gasteiger partial charge in [0.15, 0.2) is 0 Å². The van der Waals surface area contributed by atoms with Crippen LogP contribution in [-0.4, -0.2) is 16.5 Å². The van der Waals surface area contributed by atoms with Crippen molar-refractivity contribution in [1.82, 2.24) is 9.97 Å². The quantitative estimate of drug-likeness (QED) is 0.842. The Morgan fingerprint density at radius 2 is 2.17 bits per heavy atom. The van der Waals surface area contributed by atoms with Gasteiger partial charge in [-0.15, -0.1) is 0 Å². The molecule has 2 N–H and O–H groups in total. The number of halogens is 1. The first-order valence-electron chi connectivity index (χ1n) is 5.83. The molecule has 18 heavy (non-hydrogen) atoms. The van der Waals surface area contributed by atoms with Gasteiger partial charge in [-0.25, -0.2) is 9.18 Å². The van der Waals surface area contributed by atoms with Crippen LogP contribution in [0.15, 0.2) is 29.1 Å². The largest absolute Gasteiger partial charge is 0.369 e. The molecule has 5 heteroatoms. The van der Waals surface area contributed by atoms with E-state index in [1.54, 1.807) is 18.2 Å². The molecule has 1 aliphatic heterocycles. The first-order chi connectivity index (χ1) is 8.74. The predicted molar refractivity (Wildman–Crippen MR) is 66.3 cm³/mol. The molecule has 0 saturated carbocycles. The van der Waals surface area contributed by atoms with Gasteiger partial charge >= 0.3 is 5.69 Å². The van der Waals surface area contributed by atoms with Gasteiger partial charge in [-0.05, 0) is 18.1 Å². The lowest BCUT2D eigenvalue weighted by molar-refractivity contribution is 0.612. The molecule has 2 aromatic rings. The summed E-state index contributed by atoms with van der Waals surface area (Å²) in [5.41, 5.74) is 1.92. The Morgan fingerprint density at radius 3 is 3.00 bits per heavy atom. The van der Waals surface area contributed by atoms with Crippen LogP contribution in [0, 0.1) is 5.82 Å². The van der Waals surface area contributed by atoms with Gasteiger partial charge in [0, 0.05) is 24.2 Å². The minimum absolute atomic E-state index is 0.255. The maximum atomic E-state index is 13.6. The molecule has 2 heterocycles. The van der Waals surface area contributed by atoms with Crippen LogP contribution in [0.25, 0.3) is 0 Å². The van der Waals surface area contributed by atoms with Crippen LogP contribution in [0.1, 0.15) is 16.8 Å². The molecule has 0 atom stereocenters. The van der Waals surface area contributed by atoms with E-state index in [9.17, 15) is 9.18 Å². The Balaban J connectivity index is 2.04. The number of H-pyrrole nitrogens is 1. The van der Waals surface area contributed by atoms with Gasteiger partial charge in [-0.3, -0.25) is 0 Å². The SMILES string of the molecule is O=c1nc2c(c(Cc3ccccc3F)[nH]1)CCN2. The Bertz CT molecular complexity index is 651. The minimum atomic E-state index is -0.394. The summed E-state index contributed by atoms with van der Waals surface area (Å²) in [6.07, 6.45) is 1.19. The van der Waals surface area contributed by atoms with E-state index in [1.165, 1.54) is 6.07 Å². The van der Waals surface area contributed by atoms with Crippen LogP contribution in [0.5, 0.6) is 0 Å². The predicted octanol–water partition coefficient (Wildman–Crippen LogP) is 1.47. The molecule has 0 bridgehead atoms. The molecular formula is C13H12FN3O. The van der Waals surface area contributed by atoms with E-state index in [0.717, 1.165) is 24.2 Å². The maximum Gasteiger partial charge on any atom is 0.347 e. The molecule has 0 aliphatic carbocycles. The van der Waals surface area contributed by atoms with E-state index in [0.29, 0.717) is 17.8 Å². The summed E-state index contributed by atoms with van der Waals surface area (Å²) in [7, 11) is 0. The highest BCUT2D eigenvalue weighted by molar-refractivity contribution is 5.51. The number of aromatic nitrogens is 2. The molecule has 0 unspecified atom stereocenters. The summed E-state index contributed by atoms with van der Waals surface area (Å²) in [6, 6.07) is 6.59. The highest BCUT2D eigenvalue weighted by atomic mass is 19.1. The first-order valence-corrected chi connectivity index (χ1v) is 5.83. The number of benzene rings is 1. The molecule has 0 radical (unpaired) electrons. The average molecular weight is 245 g/mol. The van der Waals surface area contributed by atoms with Crippen LogP contribution in [0.2, 0.25) is 0 Å². The fourth-order valence-electron chi connectivity index (χ4n) is 2.25. The fourth-order valence-corrected chi connectivity index (χ4v) is 2.25. The zero-order valence-electron chi connectivity index (χ0n) is 9.66. The summed E-state index contributed by atoms with van der Waals surface area (Å²) < 4.78 is 13.6. The van der Waals surface area contributed by atoms with Gasteiger partial charge in [0.2, 0.25) is 0 Å². The normalized spacial score (nSPS) is 13.2. The summed E-state index contributed by atoms with van der Waals surface area (Å²) in [4.78, 5) is 18.0. The summed E-state index contributed by atoms with van der Waals surface area (Å²) in [5.74, 6) is 0.375. The van der Waals surface area contributed by atoms with Crippen LogP contribution in [0.3, 0.4) is 0 Å². The van der Waals surface area contributed by atoms with Gasteiger partial charge < -0.3 is 10.3 Å². The smallest absolute Gasteiger partial charge is 0.347 e. The lowest BCUT2D eigenvalue weighted by Crippen LogP contribution is -2.16. The van der Waals surface area contributed by atoms with E-state index in [4.69, 9.17) is 0 Å². The van der Waals surface area contributed by atoms with E-state index in [1.807, 2.05) is 0 Å². The summed E-state index contributed by atoms with van der Waals surface area (Å²) in [5, 5.41) is 3.06. The maximum absolute atomic E-state index is 13.6. The van der Waals surface area contributed by atoms with Crippen LogP contribution in [-0.2, 0) is 12.8 Å². The number of nitrogens with one attached hydrogen (secondary N) is 2. The Labute approximate surface area is 103 Å². The second-order valence-corrected chi connectivity index (χ2v) is 4.29. The molecule has 3 rings (SSSR count). The van der Waals surface area contributed by atoms with Gasteiger partial charge in [0.1, 0.15) is 11.6 Å². The highest BCUT2D eigenvalue weighted by Gasteiger charge is 2.18. The van der Waals surface area contributed by atoms with Crippen LogP contribution < -0.4 is 11.0 Å². The molecule has 1 aliphatic rings. The van der Waals surface area contributed by atoms with Gasteiger partial charge in [0.25, 0.3) is 0 Å². The Morgan fingerprint density at radius 1 is 1.33 bits per heavy atom. The fraction of sp³-hybridized carbons (Fsp3) is 0.231. The number of aromatic amines is 1. The Hall–Kier alpha value is -2.17. The van der Waals surface area contributed by atoms with E-state index < -0.39 is 5.69 Å². The second kappa shape index (κ2) is 4.25. The lowest BCUT2D eigenvalue weighted by Gasteiger charge is -2.07. The molecule has 1 aromatic carbocycles. The van der Waals surface area contributed by atoms with Crippen molar-refractivity contribution >= 4 is 5.82 Å². The molecule has 1 aromatic heterocycles. The third kappa shape index (κ3) is 1.88. The molecule has 92 valence electrons. The van der Waals surface area contributed by atoms with Crippen molar-refractivity contribution in [3.8, 4) is 0 Å². The Kier molecular flexibility index (Phi) is 2.59. The van der Waals surface area contributed by atoms with Crippen molar-refractivity contribution in [2.24, 2.45) is 0 Å². The van der Waals surface area contributed by atoms with Crippen molar-refractivity contribution in [1.29, 1.82) is 0 Å². The van der Waals surface area contributed by atoms with Crippen molar-refractivity contribution in [3.63, 3.8) is 0 Å². The van der Waals surface area contributed by atoms with Crippen LogP contribution >= 0.6 is 0 Å². The van der Waals surface area contributed by atoms with Crippen molar-refractivity contribution in [2.75, 3.05) is 11.9 Å².